The van der Waals surface area contributed by atoms with Crippen LogP contribution in [0.2, 0.25) is 5.02 Å². The summed E-state index contributed by atoms with van der Waals surface area (Å²) in [6.45, 7) is 1.90. The maximum absolute atomic E-state index is 12.9. The van der Waals surface area contributed by atoms with Gasteiger partial charge in [0.25, 0.3) is 5.91 Å². The molecule has 0 spiro atoms. The third kappa shape index (κ3) is 7.35. The summed E-state index contributed by atoms with van der Waals surface area (Å²) in [7, 11) is 1.41. The number of carbonyl (C=O) groups is 4. The molecule has 0 aliphatic rings. The molecule has 0 fully saturated rings. The van der Waals surface area contributed by atoms with Gasteiger partial charge in [0.15, 0.2) is 11.5 Å². The molecule has 226 valence electrons. The van der Waals surface area contributed by atoms with Crippen molar-refractivity contribution in [2.75, 3.05) is 17.7 Å². The second-order valence-corrected chi connectivity index (χ2v) is 11.0. The molecule has 0 saturated heterocycles. The van der Waals surface area contributed by atoms with Crippen LogP contribution in [-0.2, 0) is 9.59 Å². The largest absolute Gasteiger partial charge is 0.493 e. The number of anilines is 2. The molecule has 0 atom stereocenters. The number of fused-ring (bicyclic) bond motifs is 1. The second-order valence-electron chi connectivity index (χ2n) is 9.56. The molecule has 1 heterocycles. The number of nitrogens with zero attached hydrogens (tertiary/aromatic N) is 1. The number of hydrogen-bond donors (Lipinski definition) is 3. The molecular formula is C33H25ClN4O6S. The van der Waals surface area contributed by atoms with Gasteiger partial charge in [0, 0.05) is 15.8 Å². The third-order valence-electron chi connectivity index (χ3n) is 6.39. The van der Waals surface area contributed by atoms with Crippen LogP contribution in [0.1, 0.15) is 31.2 Å². The highest BCUT2D eigenvalue weighted by Crippen LogP contribution is 2.37. The Bertz CT molecular complexity index is 1970. The molecule has 3 N–H and O–H groups in total. The molecule has 0 unspecified atom stereocenters. The fourth-order valence-electron chi connectivity index (χ4n) is 4.25. The summed E-state index contributed by atoms with van der Waals surface area (Å²) in [6.07, 6.45) is 1.28. The van der Waals surface area contributed by atoms with Crippen molar-refractivity contribution in [1.82, 2.24) is 5.43 Å². The first-order valence-electron chi connectivity index (χ1n) is 13.4. The topological polar surface area (TPSA) is 135 Å². The summed E-state index contributed by atoms with van der Waals surface area (Å²) in [4.78, 5) is 51.0. The van der Waals surface area contributed by atoms with Gasteiger partial charge in [-0.2, -0.15) is 5.10 Å². The number of hydrogen-bond acceptors (Lipinski definition) is 8. The zero-order valence-electron chi connectivity index (χ0n) is 23.9. The van der Waals surface area contributed by atoms with Gasteiger partial charge in [0.05, 0.1) is 29.6 Å². The average Bonchev–Trinajstić information content (AvgIpc) is 3.38. The number of halogens is 1. The Morgan fingerprint density at radius 1 is 0.844 bits per heavy atom. The molecule has 4 aromatic carbocycles. The first kappa shape index (κ1) is 30.9. The van der Waals surface area contributed by atoms with Crippen molar-refractivity contribution in [2.45, 2.75) is 6.92 Å². The SMILES string of the molecule is COc1cc(/C=N\NC(=O)C(=O)Nc2ccccc2C(=O)Nc2cccc(C)c2)ccc1OC(=O)c1sc2ccccc2c1Cl. The molecule has 5 rings (SSSR count). The van der Waals surface area contributed by atoms with E-state index < -0.39 is 23.7 Å². The van der Waals surface area contributed by atoms with Crippen LogP contribution in [0.4, 0.5) is 11.4 Å². The number of amides is 3. The van der Waals surface area contributed by atoms with Crippen LogP contribution >= 0.6 is 22.9 Å². The maximum Gasteiger partial charge on any atom is 0.355 e. The lowest BCUT2D eigenvalue weighted by atomic mass is 10.1. The number of carbonyl (C=O) groups excluding carboxylic acids is 4. The van der Waals surface area contributed by atoms with E-state index in [0.29, 0.717) is 16.3 Å². The minimum atomic E-state index is -1.06. The van der Waals surface area contributed by atoms with Crippen LogP contribution in [0.25, 0.3) is 10.1 Å². The van der Waals surface area contributed by atoms with Crippen LogP contribution < -0.4 is 25.5 Å². The van der Waals surface area contributed by atoms with Gasteiger partial charge < -0.3 is 20.1 Å². The summed E-state index contributed by atoms with van der Waals surface area (Å²) in [5.41, 5.74) is 4.51. The standard InChI is InChI=1S/C33H25ClN4O6S/c1-19-8-7-9-21(16-19)36-30(39)22-10-3-5-12-24(22)37-31(40)32(41)38-35-18-20-14-15-25(26(17-20)43-2)44-33(42)29-28(34)23-11-4-6-13-27(23)45-29/h3-18H,1-2H3,(H,36,39)(H,37,40)(H,38,41)/b35-18-. The molecule has 0 aliphatic carbocycles. The van der Waals surface area contributed by atoms with E-state index in [9.17, 15) is 19.2 Å². The zero-order chi connectivity index (χ0) is 31.9. The van der Waals surface area contributed by atoms with Crippen molar-refractivity contribution in [3.8, 4) is 11.5 Å². The van der Waals surface area contributed by atoms with E-state index in [0.717, 1.165) is 15.6 Å². The third-order valence-corrected chi connectivity index (χ3v) is 8.05. The minimum Gasteiger partial charge on any atom is -0.493 e. The van der Waals surface area contributed by atoms with Gasteiger partial charge in [-0.25, -0.2) is 10.2 Å². The number of hydrazone groups is 1. The van der Waals surface area contributed by atoms with Crippen molar-refractivity contribution in [3.63, 3.8) is 0 Å². The Balaban J connectivity index is 1.20. The lowest BCUT2D eigenvalue weighted by molar-refractivity contribution is -0.136. The molecule has 0 radical (unpaired) electrons. The minimum absolute atomic E-state index is 0.151. The molecule has 45 heavy (non-hydrogen) atoms. The summed E-state index contributed by atoms with van der Waals surface area (Å²) >= 11 is 7.63. The molecule has 3 amide bonds. The summed E-state index contributed by atoms with van der Waals surface area (Å²) in [6, 6.07) is 25.6. The first-order valence-corrected chi connectivity index (χ1v) is 14.6. The van der Waals surface area contributed by atoms with E-state index in [4.69, 9.17) is 21.1 Å². The van der Waals surface area contributed by atoms with Crippen molar-refractivity contribution in [2.24, 2.45) is 5.10 Å². The summed E-state index contributed by atoms with van der Waals surface area (Å²) in [5, 5.41) is 10.1. The van der Waals surface area contributed by atoms with Crippen LogP contribution in [0.15, 0.2) is 96.1 Å². The fourth-order valence-corrected chi connectivity index (χ4v) is 5.63. The van der Waals surface area contributed by atoms with Gasteiger partial charge in [-0.15, -0.1) is 11.3 Å². The Morgan fingerprint density at radius 3 is 2.40 bits per heavy atom. The van der Waals surface area contributed by atoms with E-state index in [2.05, 4.69) is 21.2 Å². The van der Waals surface area contributed by atoms with E-state index in [1.54, 1.807) is 24.3 Å². The Kier molecular flexibility index (Phi) is 9.51. The molecular weight excluding hydrogens is 616 g/mol. The van der Waals surface area contributed by atoms with Crippen LogP contribution in [0, 0.1) is 6.92 Å². The smallest absolute Gasteiger partial charge is 0.355 e. The van der Waals surface area contributed by atoms with Gasteiger partial charge in [0.2, 0.25) is 0 Å². The summed E-state index contributed by atoms with van der Waals surface area (Å²) < 4.78 is 11.8. The molecule has 0 bridgehead atoms. The Hall–Kier alpha value is -5.52. The predicted molar refractivity (Wildman–Crippen MR) is 175 cm³/mol. The Labute approximate surface area is 266 Å². The monoisotopic (exact) mass is 640 g/mol. The number of ether oxygens (including phenoxy) is 2. The number of esters is 1. The van der Waals surface area contributed by atoms with Crippen molar-refractivity contribution in [1.29, 1.82) is 0 Å². The predicted octanol–water partition coefficient (Wildman–Crippen LogP) is 6.43. The quantitative estimate of drug-likeness (QED) is 0.0588. The van der Waals surface area contributed by atoms with E-state index >= 15 is 0 Å². The average molecular weight is 641 g/mol. The number of rotatable bonds is 8. The van der Waals surface area contributed by atoms with Gasteiger partial charge in [-0.05, 0) is 66.6 Å². The fraction of sp³-hybridized carbons (Fsp3) is 0.0606. The zero-order valence-corrected chi connectivity index (χ0v) is 25.5. The number of methoxy groups -OCH3 is 1. The molecule has 1 aromatic heterocycles. The maximum atomic E-state index is 12.9. The van der Waals surface area contributed by atoms with Crippen molar-refractivity contribution >= 4 is 74.3 Å². The second kappa shape index (κ2) is 13.8. The van der Waals surface area contributed by atoms with Crippen LogP contribution in [0.5, 0.6) is 11.5 Å². The van der Waals surface area contributed by atoms with Gasteiger partial charge in [0.1, 0.15) is 4.88 Å². The number of thiophene rings is 1. The van der Waals surface area contributed by atoms with Gasteiger partial charge >= 0.3 is 17.8 Å². The van der Waals surface area contributed by atoms with Crippen LogP contribution in [0.3, 0.4) is 0 Å². The lowest BCUT2D eigenvalue weighted by Crippen LogP contribution is -2.33. The van der Waals surface area contributed by atoms with E-state index in [-0.39, 0.29) is 27.6 Å². The molecule has 0 aliphatic heterocycles. The van der Waals surface area contributed by atoms with E-state index in [1.165, 1.54) is 48.9 Å². The van der Waals surface area contributed by atoms with Gasteiger partial charge in [-0.3, -0.25) is 14.4 Å². The number of benzene rings is 4. The van der Waals surface area contributed by atoms with E-state index in [1.807, 2.05) is 49.4 Å². The number of para-hydroxylation sites is 1. The molecule has 0 saturated carbocycles. The first-order chi connectivity index (χ1) is 21.7. The lowest BCUT2D eigenvalue weighted by Gasteiger charge is -2.11. The van der Waals surface area contributed by atoms with Crippen LogP contribution in [-0.4, -0.2) is 37.0 Å². The molecule has 10 nitrogen and oxygen atoms in total. The number of nitrogens with one attached hydrogen (secondary N) is 3. The highest BCUT2D eigenvalue weighted by Gasteiger charge is 2.21. The van der Waals surface area contributed by atoms with Gasteiger partial charge in [-0.1, -0.05) is 54.1 Å². The Morgan fingerprint density at radius 2 is 1.62 bits per heavy atom. The van der Waals surface area contributed by atoms with Crippen molar-refractivity contribution in [3.05, 3.63) is 118 Å². The van der Waals surface area contributed by atoms with Crippen molar-refractivity contribution < 1.29 is 28.7 Å². The highest BCUT2D eigenvalue weighted by atomic mass is 35.5. The highest BCUT2D eigenvalue weighted by molar-refractivity contribution is 7.21. The molecule has 5 aromatic rings. The normalized spacial score (nSPS) is 10.8. The molecule has 12 heteroatoms. The number of aryl methyl sites for hydroxylation is 1. The summed E-state index contributed by atoms with van der Waals surface area (Å²) in [5.74, 6) is -2.78.